The third kappa shape index (κ3) is 2.37. The summed E-state index contributed by atoms with van der Waals surface area (Å²) in [5.41, 5.74) is 9.24. The molecular weight excluding hydrogens is 234 g/mol. The molecule has 19 heavy (non-hydrogen) atoms. The molecule has 0 aliphatic rings. The topological polar surface area (TPSA) is 43.3 Å². The Balaban J connectivity index is 2.03. The quantitative estimate of drug-likeness (QED) is 0.774. The molecule has 0 fully saturated rings. The van der Waals surface area contributed by atoms with Gasteiger partial charge in [-0.25, -0.2) is 4.98 Å². The van der Waals surface area contributed by atoms with E-state index in [1.165, 1.54) is 11.1 Å². The van der Waals surface area contributed by atoms with Gasteiger partial charge in [0.15, 0.2) is 0 Å². The molecular formula is C16H17N3. The predicted octanol–water partition coefficient (Wildman–Crippen LogP) is 2.43. The summed E-state index contributed by atoms with van der Waals surface area (Å²) in [6.45, 7) is 0.624. The van der Waals surface area contributed by atoms with E-state index in [1.54, 1.807) is 0 Å². The molecule has 0 aliphatic heterocycles. The smallest absolute Gasteiger partial charge is 0.114 e. The Morgan fingerprint density at radius 2 is 1.79 bits per heavy atom. The van der Waals surface area contributed by atoms with Gasteiger partial charge in [-0.2, -0.15) is 0 Å². The first kappa shape index (κ1) is 11.9. The fourth-order valence-electron chi connectivity index (χ4n) is 2.40. The van der Waals surface area contributed by atoms with Crippen LogP contribution < -0.4 is 5.73 Å². The van der Waals surface area contributed by atoms with E-state index < -0.39 is 0 Å². The van der Waals surface area contributed by atoms with Crippen LogP contribution >= 0.6 is 0 Å². The van der Waals surface area contributed by atoms with Crippen molar-refractivity contribution in [3.63, 3.8) is 0 Å². The molecule has 3 aromatic rings. The molecule has 3 nitrogen and oxygen atoms in total. The number of rotatable bonds is 4. The summed E-state index contributed by atoms with van der Waals surface area (Å²) in [5, 5.41) is 0. The fraction of sp³-hybridized carbons (Fsp3) is 0.188. The summed E-state index contributed by atoms with van der Waals surface area (Å²) < 4.78 is 2.14. The minimum atomic E-state index is 0.624. The number of hydrogen-bond acceptors (Lipinski definition) is 2. The number of nitrogens with two attached hydrogens (primary N) is 1. The van der Waals surface area contributed by atoms with Crippen LogP contribution in [0.1, 0.15) is 17.1 Å². The van der Waals surface area contributed by atoms with Gasteiger partial charge in [0.2, 0.25) is 0 Å². The second-order valence-corrected chi connectivity index (χ2v) is 4.63. The van der Waals surface area contributed by atoms with Crippen molar-refractivity contribution in [2.45, 2.75) is 12.8 Å². The highest BCUT2D eigenvalue weighted by Crippen LogP contribution is 2.17. The van der Waals surface area contributed by atoms with Crippen LogP contribution in [0.4, 0.5) is 0 Å². The second kappa shape index (κ2) is 5.24. The molecule has 0 saturated heterocycles. The average Bonchev–Trinajstić information content (AvgIpc) is 2.79. The zero-order chi connectivity index (χ0) is 13.1. The second-order valence-electron chi connectivity index (χ2n) is 4.63. The number of hydrogen-bond donors (Lipinski definition) is 1. The lowest BCUT2D eigenvalue weighted by atomic mass is 10.1. The van der Waals surface area contributed by atoms with Crippen molar-refractivity contribution < 1.29 is 0 Å². The van der Waals surface area contributed by atoms with Gasteiger partial charge >= 0.3 is 0 Å². The van der Waals surface area contributed by atoms with Gasteiger partial charge in [-0.3, -0.25) is 0 Å². The summed E-state index contributed by atoms with van der Waals surface area (Å²) in [7, 11) is 0. The monoisotopic (exact) mass is 251 g/mol. The number of aromatic nitrogens is 2. The van der Waals surface area contributed by atoms with Crippen LogP contribution in [0.5, 0.6) is 0 Å². The molecule has 0 unspecified atom stereocenters. The van der Waals surface area contributed by atoms with Crippen molar-refractivity contribution in [2.75, 3.05) is 6.54 Å². The number of nitrogens with zero attached hydrogens (tertiary/aromatic N) is 2. The summed E-state index contributed by atoms with van der Waals surface area (Å²) in [6, 6.07) is 16.6. The van der Waals surface area contributed by atoms with Crippen LogP contribution in [0.25, 0.3) is 5.52 Å². The standard InChI is InChI=1S/C16H17N3/c17-10-9-16-18-14(12-13-6-2-1-3-7-13)15-8-4-5-11-19(15)16/h1-8,11H,9-10,12,17H2. The molecule has 2 heterocycles. The normalized spacial score (nSPS) is 11.0. The first-order chi connectivity index (χ1) is 9.38. The zero-order valence-electron chi connectivity index (χ0n) is 10.8. The van der Waals surface area contributed by atoms with E-state index in [0.29, 0.717) is 6.54 Å². The highest BCUT2D eigenvalue weighted by atomic mass is 15.0. The molecule has 96 valence electrons. The number of benzene rings is 1. The first-order valence-electron chi connectivity index (χ1n) is 6.57. The molecule has 0 spiro atoms. The van der Waals surface area contributed by atoms with E-state index in [2.05, 4.69) is 47.0 Å². The SMILES string of the molecule is NCCc1nc(Cc2ccccc2)c2ccccn12. The van der Waals surface area contributed by atoms with Gasteiger partial charge in [-0.1, -0.05) is 36.4 Å². The van der Waals surface area contributed by atoms with Crippen LogP contribution in [-0.2, 0) is 12.8 Å². The maximum atomic E-state index is 5.66. The predicted molar refractivity (Wildman–Crippen MR) is 77.2 cm³/mol. The first-order valence-corrected chi connectivity index (χ1v) is 6.57. The Bertz CT molecular complexity index is 671. The Hall–Kier alpha value is -2.13. The highest BCUT2D eigenvalue weighted by molar-refractivity contribution is 5.54. The lowest BCUT2D eigenvalue weighted by Crippen LogP contribution is -2.06. The lowest BCUT2D eigenvalue weighted by Gasteiger charge is -1.99. The molecule has 2 N–H and O–H groups in total. The van der Waals surface area contributed by atoms with Crippen molar-refractivity contribution in [1.82, 2.24) is 9.38 Å². The van der Waals surface area contributed by atoms with Crippen molar-refractivity contribution in [2.24, 2.45) is 5.73 Å². The number of pyridine rings is 1. The fourth-order valence-corrected chi connectivity index (χ4v) is 2.40. The third-order valence-electron chi connectivity index (χ3n) is 3.28. The molecule has 0 amide bonds. The Kier molecular flexibility index (Phi) is 3.29. The Morgan fingerprint density at radius 3 is 2.58 bits per heavy atom. The van der Waals surface area contributed by atoms with Gasteiger partial charge in [-0.05, 0) is 24.2 Å². The average molecular weight is 251 g/mol. The van der Waals surface area contributed by atoms with Crippen molar-refractivity contribution in [3.8, 4) is 0 Å². The van der Waals surface area contributed by atoms with E-state index >= 15 is 0 Å². The molecule has 1 aromatic carbocycles. The summed E-state index contributed by atoms with van der Waals surface area (Å²) in [4.78, 5) is 4.76. The molecule has 0 atom stereocenters. The Labute approximate surface area is 112 Å². The molecule has 0 saturated carbocycles. The van der Waals surface area contributed by atoms with Crippen LogP contribution in [-0.4, -0.2) is 15.9 Å². The molecule has 3 heteroatoms. The summed E-state index contributed by atoms with van der Waals surface area (Å²) >= 11 is 0. The van der Waals surface area contributed by atoms with E-state index in [0.717, 1.165) is 24.4 Å². The van der Waals surface area contributed by atoms with Crippen molar-refractivity contribution >= 4 is 5.52 Å². The van der Waals surface area contributed by atoms with Crippen molar-refractivity contribution in [1.29, 1.82) is 0 Å². The third-order valence-corrected chi connectivity index (χ3v) is 3.28. The van der Waals surface area contributed by atoms with Gasteiger partial charge in [0, 0.05) is 19.0 Å². The lowest BCUT2D eigenvalue weighted by molar-refractivity contribution is 0.858. The van der Waals surface area contributed by atoms with Crippen LogP contribution in [0, 0.1) is 0 Å². The van der Waals surface area contributed by atoms with Crippen LogP contribution in [0.3, 0.4) is 0 Å². The van der Waals surface area contributed by atoms with E-state index in [9.17, 15) is 0 Å². The number of fused-ring (bicyclic) bond motifs is 1. The molecule has 0 radical (unpaired) electrons. The Morgan fingerprint density at radius 1 is 1.00 bits per heavy atom. The van der Waals surface area contributed by atoms with E-state index in [4.69, 9.17) is 10.7 Å². The molecule has 3 rings (SSSR count). The molecule has 0 aliphatic carbocycles. The van der Waals surface area contributed by atoms with E-state index in [1.807, 2.05) is 12.1 Å². The molecule has 2 aromatic heterocycles. The van der Waals surface area contributed by atoms with Crippen LogP contribution in [0.15, 0.2) is 54.7 Å². The highest BCUT2D eigenvalue weighted by Gasteiger charge is 2.10. The van der Waals surface area contributed by atoms with Crippen LogP contribution in [0.2, 0.25) is 0 Å². The minimum Gasteiger partial charge on any atom is -0.330 e. The minimum absolute atomic E-state index is 0.624. The maximum Gasteiger partial charge on any atom is 0.114 e. The van der Waals surface area contributed by atoms with Gasteiger partial charge in [0.25, 0.3) is 0 Å². The zero-order valence-corrected chi connectivity index (χ0v) is 10.8. The molecule has 0 bridgehead atoms. The van der Waals surface area contributed by atoms with Gasteiger partial charge in [0.1, 0.15) is 5.82 Å². The van der Waals surface area contributed by atoms with E-state index in [-0.39, 0.29) is 0 Å². The van der Waals surface area contributed by atoms with Gasteiger partial charge in [0.05, 0.1) is 11.2 Å². The van der Waals surface area contributed by atoms with Gasteiger partial charge in [-0.15, -0.1) is 0 Å². The summed E-state index contributed by atoms with van der Waals surface area (Å²) in [6.07, 6.45) is 3.72. The largest absolute Gasteiger partial charge is 0.330 e. The van der Waals surface area contributed by atoms with Gasteiger partial charge < -0.3 is 10.1 Å². The number of imidazole rings is 1. The maximum absolute atomic E-state index is 5.66. The van der Waals surface area contributed by atoms with Crippen molar-refractivity contribution in [3.05, 3.63) is 71.8 Å². The summed E-state index contributed by atoms with van der Waals surface area (Å²) in [5.74, 6) is 1.05.